The molecule has 1 aliphatic rings. The molecule has 0 saturated carbocycles. The van der Waals surface area contributed by atoms with E-state index in [1.807, 2.05) is 0 Å². The van der Waals surface area contributed by atoms with E-state index in [0.717, 1.165) is 11.1 Å². The van der Waals surface area contributed by atoms with E-state index in [9.17, 15) is 0 Å². The van der Waals surface area contributed by atoms with E-state index in [1.165, 1.54) is 54.7 Å². The second-order valence-corrected chi connectivity index (χ2v) is 14.5. The van der Waals surface area contributed by atoms with Crippen molar-refractivity contribution in [1.29, 1.82) is 0 Å². The smallest absolute Gasteiger partial charge is 0.123 e. The maximum atomic E-state index is 6.09. The first kappa shape index (κ1) is 17.2. The number of rotatable bonds is 5. The van der Waals surface area contributed by atoms with Gasteiger partial charge in [-0.1, -0.05) is 48.1 Å². The Kier molecular flexibility index (Phi) is 5.34. The van der Waals surface area contributed by atoms with Crippen LogP contribution in [0.4, 0.5) is 0 Å². The summed E-state index contributed by atoms with van der Waals surface area (Å²) in [5, 5.41) is 1.43. The molecular weight excluding hydrogens is 366 g/mol. The number of halogens is 1. The number of hydrogen-bond donors (Lipinski definition) is 0. The summed E-state index contributed by atoms with van der Waals surface area (Å²) >= 11 is 3.63. The first-order chi connectivity index (χ1) is 11.0. The average molecular weight is 394 g/mol. The van der Waals surface area contributed by atoms with E-state index < -0.39 is 8.07 Å². The Morgan fingerprint density at radius 3 is 2.70 bits per heavy atom. The zero-order valence-corrected chi connectivity index (χ0v) is 17.2. The lowest BCUT2D eigenvalue weighted by Crippen LogP contribution is -2.22. The molecule has 1 aromatic carbocycles. The van der Waals surface area contributed by atoms with Crippen LogP contribution in [0.2, 0.25) is 25.7 Å². The van der Waals surface area contributed by atoms with E-state index in [1.54, 1.807) is 5.56 Å². The lowest BCUT2D eigenvalue weighted by molar-refractivity contribution is 0.0883. The van der Waals surface area contributed by atoms with Gasteiger partial charge in [-0.25, -0.2) is 0 Å². The van der Waals surface area contributed by atoms with Crippen LogP contribution in [0.25, 0.3) is 10.9 Å². The molecule has 0 saturated heterocycles. The highest BCUT2D eigenvalue weighted by atomic mass is 79.9. The van der Waals surface area contributed by atoms with Crippen molar-refractivity contribution >= 4 is 34.9 Å². The third-order valence-corrected chi connectivity index (χ3v) is 7.00. The van der Waals surface area contributed by atoms with Gasteiger partial charge in [0.2, 0.25) is 0 Å². The molecule has 0 atom stereocenters. The van der Waals surface area contributed by atoms with Crippen molar-refractivity contribution < 1.29 is 4.74 Å². The van der Waals surface area contributed by atoms with E-state index in [2.05, 4.69) is 58.3 Å². The van der Waals surface area contributed by atoms with Crippen molar-refractivity contribution in [2.75, 3.05) is 6.61 Å². The van der Waals surface area contributed by atoms with Crippen LogP contribution in [0.5, 0.6) is 0 Å². The molecule has 4 heteroatoms. The first-order valence-corrected chi connectivity index (χ1v) is 13.3. The SMILES string of the molecule is C[Si](C)(C)CCOCn1c2c(c3ccc(Br)cc31)CCCCC2. The Bertz CT molecular complexity index is 687. The molecule has 23 heavy (non-hydrogen) atoms. The van der Waals surface area contributed by atoms with Crippen LogP contribution in [0.1, 0.15) is 30.5 Å². The molecule has 1 aliphatic carbocycles. The molecule has 0 unspecified atom stereocenters. The van der Waals surface area contributed by atoms with Crippen LogP contribution in [0.3, 0.4) is 0 Å². The fraction of sp³-hybridized carbons (Fsp3) is 0.579. The van der Waals surface area contributed by atoms with Gasteiger partial charge in [0.15, 0.2) is 0 Å². The van der Waals surface area contributed by atoms with Crippen LogP contribution in [0.15, 0.2) is 22.7 Å². The van der Waals surface area contributed by atoms with Gasteiger partial charge in [-0.2, -0.15) is 0 Å². The third-order valence-electron chi connectivity index (χ3n) is 4.81. The quantitative estimate of drug-likeness (QED) is 0.345. The van der Waals surface area contributed by atoms with Gasteiger partial charge in [0, 0.05) is 30.2 Å². The summed E-state index contributed by atoms with van der Waals surface area (Å²) in [5.41, 5.74) is 4.42. The second-order valence-electron chi connectivity index (χ2n) is 7.92. The summed E-state index contributed by atoms with van der Waals surface area (Å²) in [4.78, 5) is 0. The van der Waals surface area contributed by atoms with Gasteiger partial charge in [0.1, 0.15) is 6.73 Å². The summed E-state index contributed by atoms with van der Waals surface area (Å²) in [6.45, 7) is 8.81. The number of ether oxygens (including phenoxy) is 1. The minimum absolute atomic E-state index is 0.701. The number of aromatic nitrogens is 1. The molecule has 0 fully saturated rings. The van der Waals surface area contributed by atoms with Crippen molar-refractivity contribution in [3.05, 3.63) is 33.9 Å². The topological polar surface area (TPSA) is 14.2 Å². The Morgan fingerprint density at radius 1 is 1.13 bits per heavy atom. The largest absolute Gasteiger partial charge is 0.361 e. The van der Waals surface area contributed by atoms with Crippen molar-refractivity contribution in [2.24, 2.45) is 0 Å². The van der Waals surface area contributed by atoms with Gasteiger partial charge in [-0.3, -0.25) is 0 Å². The van der Waals surface area contributed by atoms with Crippen molar-refractivity contribution in [3.8, 4) is 0 Å². The zero-order chi connectivity index (χ0) is 16.4. The average Bonchev–Trinajstić information content (AvgIpc) is 2.63. The first-order valence-electron chi connectivity index (χ1n) is 8.83. The van der Waals surface area contributed by atoms with Crippen LogP contribution < -0.4 is 0 Å². The number of hydrogen-bond acceptors (Lipinski definition) is 1. The summed E-state index contributed by atoms with van der Waals surface area (Å²) in [5.74, 6) is 0. The minimum atomic E-state index is -1.02. The van der Waals surface area contributed by atoms with Crippen LogP contribution >= 0.6 is 15.9 Å². The maximum absolute atomic E-state index is 6.09. The molecule has 0 radical (unpaired) electrons. The van der Waals surface area contributed by atoms with E-state index in [0.29, 0.717) is 6.73 Å². The second kappa shape index (κ2) is 7.12. The normalized spacial score (nSPS) is 15.7. The molecule has 0 N–H and O–H groups in total. The molecule has 126 valence electrons. The Hall–Kier alpha value is -0.583. The predicted octanol–water partition coefficient (Wildman–Crippen LogP) is 5.99. The molecule has 1 heterocycles. The molecular formula is C19H28BrNOSi. The number of aryl methyl sites for hydroxylation is 1. The molecule has 2 nitrogen and oxygen atoms in total. The molecule has 0 amide bonds. The standard InChI is InChI=1S/C19H28BrNOSi/c1-23(2,3)12-11-22-14-21-18-8-6-4-5-7-16(18)17-10-9-15(20)13-19(17)21/h9-10,13H,4-8,11-12,14H2,1-3H3. The summed E-state index contributed by atoms with van der Waals surface area (Å²) < 4.78 is 9.68. The van der Waals surface area contributed by atoms with Crippen molar-refractivity contribution in [3.63, 3.8) is 0 Å². The van der Waals surface area contributed by atoms with Gasteiger partial charge in [-0.05, 0) is 49.4 Å². The number of benzene rings is 1. The van der Waals surface area contributed by atoms with Crippen LogP contribution in [0, 0.1) is 0 Å². The van der Waals surface area contributed by atoms with E-state index in [-0.39, 0.29) is 0 Å². The van der Waals surface area contributed by atoms with Gasteiger partial charge in [0.05, 0.1) is 5.52 Å². The number of fused-ring (bicyclic) bond motifs is 3. The fourth-order valence-corrected chi connectivity index (χ4v) is 4.57. The summed E-state index contributed by atoms with van der Waals surface area (Å²) in [6, 6.07) is 7.94. The Labute approximate surface area is 149 Å². The van der Waals surface area contributed by atoms with Crippen molar-refractivity contribution in [1.82, 2.24) is 4.57 Å². The van der Waals surface area contributed by atoms with Crippen LogP contribution in [-0.2, 0) is 24.3 Å². The van der Waals surface area contributed by atoms with Gasteiger partial charge < -0.3 is 9.30 Å². The summed E-state index contributed by atoms with van der Waals surface area (Å²) in [6.07, 6.45) is 6.38. The monoisotopic (exact) mass is 393 g/mol. The lowest BCUT2D eigenvalue weighted by Gasteiger charge is -2.17. The molecule has 2 aromatic rings. The van der Waals surface area contributed by atoms with Crippen LogP contribution in [-0.4, -0.2) is 19.2 Å². The molecule has 1 aromatic heterocycles. The Morgan fingerprint density at radius 2 is 1.91 bits per heavy atom. The highest BCUT2D eigenvalue weighted by molar-refractivity contribution is 9.10. The van der Waals surface area contributed by atoms with Gasteiger partial charge in [0.25, 0.3) is 0 Å². The van der Waals surface area contributed by atoms with E-state index >= 15 is 0 Å². The predicted molar refractivity (Wildman–Crippen MR) is 105 cm³/mol. The zero-order valence-electron chi connectivity index (χ0n) is 14.6. The maximum Gasteiger partial charge on any atom is 0.123 e. The van der Waals surface area contributed by atoms with Crippen molar-refractivity contribution in [2.45, 2.75) is 64.5 Å². The molecule has 0 spiro atoms. The van der Waals surface area contributed by atoms with Gasteiger partial charge in [-0.15, -0.1) is 0 Å². The molecule has 0 bridgehead atoms. The summed E-state index contributed by atoms with van der Waals surface area (Å²) in [7, 11) is -1.02. The number of nitrogens with zero attached hydrogens (tertiary/aromatic N) is 1. The Balaban J connectivity index is 1.88. The lowest BCUT2D eigenvalue weighted by atomic mass is 10.1. The molecule has 0 aliphatic heterocycles. The third kappa shape index (κ3) is 4.09. The highest BCUT2D eigenvalue weighted by Gasteiger charge is 2.19. The fourth-order valence-electron chi connectivity index (χ4n) is 3.46. The molecule has 3 rings (SSSR count). The van der Waals surface area contributed by atoms with Gasteiger partial charge >= 0.3 is 0 Å². The highest BCUT2D eigenvalue weighted by Crippen LogP contribution is 2.33. The minimum Gasteiger partial charge on any atom is -0.361 e. The van der Waals surface area contributed by atoms with E-state index in [4.69, 9.17) is 4.74 Å².